The maximum Gasteiger partial charge on any atom is 0.242 e. The number of halogens is 1. The van der Waals surface area contributed by atoms with Gasteiger partial charge in [0.2, 0.25) is 5.91 Å². The summed E-state index contributed by atoms with van der Waals surface area (Å²) < 4.78 is 7.57. The molecule has 0 saturated heterocycles. The van der Waals surface area contributed by atoms with Crippen LogP contribution in [0.2, 0.25) is 5.02 Å². The SMILES string of the molecule is CCOc1ccc(-n2c(S[C@@H](C(=O)Nc3ccc(C)c(Cl)c3)c3ccccc3)nnc2-c2cccnc2)cc1. The Morgan fingerprint density at radius 1 is 1.03 bits per heavy atom. The van der Waals surface area contributed by atoms with Gasteiger partial charge in [-0.15, -0.1) is 10.2 Å². The van der Waals surface area contributed by atoms with Gasteiger partial charge in [0.25, 0.3) is 0 Å². The van der Waals surface area contributed by atoms with Crippen LogP contribution in [0.4, 0.5) is 5.69 Å². The summed E-state index contributed by atoms with van der Waals surface area (Å²) in [5, 5.41) is 12.6. The Labute approximate surface area is 236 Å². The van der Waals surface area contributed by atoms with Crippen LogP contribution in [0, 0.1) is 6.92 Å². The minimum atomic E-state index is -0.612. The predicted octanol–water partition coefficient (Wildman–Crippen LogP) is 7.16. The van der Waals surface area contributed by atoms with Gasteiger partial charge in [-0.05, 0) is 73.5 Å². The number of nitrogens with zero attached hydrogens (tertiary/aromatic N) is 4. The summed E-state index contributed by atoms with van der Waals surface area (Å²) in [6, 6.07) is 26.6. The van der Waals surface area contributed by atoms with Gasteiger partial charge >= 0.3 is 0 Å². The molecule has 5 aromatic rings. The smallest absolute Gasteiger partial charge is 0.242 e. The van der Waals surface area contributed by atoms with Gasteiger partial charge in [-0.25, -0.2) is 0 Å². The summed E-state index contributed by atoms with van der Waals surface area (Å²) in [6.45, 7) is 4.44. The fourth-order valence-corrected chi connectivity index (χ4v) is 5.24. The van der Waals surface area contributed by atoms with E-state index < -0.39 is 5.25 Å². The molecule has 1 N–H and O–H groups in total. The van der Waals surface area contributed by atoms with E-state index in [-0.39, 0.29) is 5.91 Å². The van der Waals surface area contributed by atoms with Crippen molar-refractivity contribution in [1.29, 1.82) is 0 Å². The van der Waals surface area contributed by atoms with E-state index in [0.29, 0.717) is 28.3 Å². The first kappa shape index (κ1) is 26.5. The van der Waals surface area contributed by atoms with Crippen LogP contribution in [-0.4, -0.2) is 32.3 Å². The molecule has 0 aliphatic rings. The van der Waals surface area contributed by atoms with Crippen LogP contribution >= 0.6 is 23.4 Å². The second-order valence-electron chi connectivity index (χ2n) is 8.67. The number of hydrogen-bond donors (Lipinski definition) is 1. The van der Waals surface area contributed by atoms with Crippen molar-refractivity contribution < 1.29 is 9.53 Å². The summed E-state index contributed by atoms with van der Waals surface area (Å²) in [6.07, 6.45) is 3.45. The zero-order valence-electron chi connectivity index (χ0n) is 21.4. The molecule has 2 heterocycles. The number of amides is 1. The van der Waals surface area contributed by atoms with Gasteiger partial charge in [-0.1, -0.05) is 59.8 Å². The predicted molar refractivity (Wildman–Crippen MR) is 156 cm³/mol. The van der Waals surface area contributed by atoms with Gasteiger partial charge in [0.05, 0.1) is 6.61 Å². The van der Waals surface area contributed by atoms with Crippen molar-refractivity contribution in [3.63, 3.8) is 0 Å². The van der Waals surface area contributed by atoms with Crippen LogP contribution in [-0.2, 0) is 4.79 Å². The highest BCUT2D eigenvalue weighted by Gasteiger charge is 2.27. The Kier molecular flexibility index (Phi) is 8.24. The zero-order valence-corrected chi connectivity index (χ0v) is 23.0. The van der Waals surface area contributed by atoms with Gasteiger partial charge in [0, 0.05) is 34.4 Å². The number of carbonyl (C=O) groups excluding carboxylic acids is 1. The monoisotopic (exact) mass is 555 g/mol. The number of benzene rings is 3. The standard InChI is InChI=1S/C30H26ClN5O2S/c1-3-38-25-15-13-24(14-16-25)36-28(22-10-7-17-32-19-22)34-35-30(36)39-27(21-8-5-4-6-9-21)29(37)33-23-12-11-20(2)26(31)18-23/h4-19,27H,3H2,1-2H3,(H,33,37)/t27-/m1/s1. The molecule has 1 atom stereocenters. The molecule has 0 unspecified atom stereocenters. The van der Waals surface area contributed by atoms with Gasteiger partial charge in [-0.2, -0.15) is 0 Å². The lowest BCUT2D eigenvalue weighted by Crippen LogP contribution is -2.19. The van der Waals surface area contributed by atoms with E-state index >= 15 is 0 Å². The maximum absolute atomic E-state index is 13.7. The molecule has 5 rings (SSSR count). The number of carbonyl (C=O) groups is 1. The van der Waals surface area contributed by atoms with Crippen molar-refractivity contribution in [1.82, 2.24) is 19.7 Å². The molecule has 7 nitrogen and oxygen atoms in total. The quantitative estimate of drug-likeness (QED) is 0.194. The Morgan fingerprint density at radius 3 is 2.51 bits per heavy atom. The van der Waals surface area contributed by atoms with E-state index in [1.54, 1.807) is 18.5 Å². The van der Waals surface area contributed by atoms with Crippen LogP contribution in [0.15, 0.2) is 102 Å². The van der Waals surface area contributed by atoms with Crippen molar-refractivity contribution in [3.8, 4) is 22.8 Å². The molecular formula is C30H26ClN5O2S. The number of hydrogen-bond acceptors (Lipinski definition) is 6. The second-order valence-corrected chi connectivity index (χ2v) is 10.2. The van der Waals surface area contributed by atoms with Gasteiger partial charge in [0.1, 0.15) is 11.0 Å². The average molecular weight is 556 g/mol. The summed E-state index contributed by atoms with van der Waals surface area (Å²) in [4.78, 5) is 18.0. The van der Waals surface area contributed by atoms with Gasteiger partial charge < -0.3 is 10.1 Å². The fraction of sp³-hybridized carbons (Fsp3) is 0.133. The normalized spacial score (nSPS) is 11.7. The Hall–Kier alpha value is -4.14. The molecule has 0 aliphatic heterocycles. The third-order valence-electron chi connectivity index (χ3n) is 5.96. The molecule has 0 fully saturated rings. The number of nitrogens with one attached hydrogen (secondary N) is 1. The summed E-state index contributed by atoms with van der Waals surface area (Å²) >= 11 is 7.63. The van der Waals surface area contributed by atoms with E-state index in [9.17, 15) is 4.79 Å². The van der Waals surface area contributed by atoms with Crippen LogP contribution < -0.4 is 10.1 Å². The number of pyridine rings is 1. The number of anilines is 1. The molecule has 3 aromatic carbocycles. The largest absolute Gasteiger partial charge is 0.494 e. The van der Waals surface area contributed by atoms with Crippen LogP contribution in [0.1, 0.15) is 23.3 Å². The molecule has 0 saturated carbocycles. The molecule has 2 aromatic heterocycles. The van der Waals surface area contributed by atoms with E-state index in [2.05, 4.69) is 20.5 Å². The zero-order chi connectivity index (χ0) is 27.2. The van der Waals surface area contributed by atoms with E-state index in [1.807, 2.05) is 97.3 Å². The van der Waals surface area contributed by atoms with Crippen molar-refractivity contribution in [3.05, 3.63) is 113 Å². The van der Waals surface area contributed by atoms with Crippen LogP contribution in [0.5, 0.6) is 5.75 Å². The Morgan fingerprint density at radius 2 is 1.82 bits per heavy atom. The highest BCUT2D eigenvalue weighted by Crippen LogP contribution is 2.38. The molecule has 39 heavy (non-hydrogen) atoms. The first-order chi connectivity index (χ1) is 19.0. The first-order valence-corrected chi connectivity index (χ1v) is 13.7. The summed E-state index contributed by atoms with van der Waals surface area (Å²) in [5.74, 6) is 1.19. The van der Waals surface area contributed by atoms with Crippen molar-refractivity contribution in [2.24, 2.45) is 0 Å². The molecule has 9 heteroatoms. The maximum atomic E-state index is 13.7. The molecule has 0 radical (unpaired) electrons. The molecule has 196 valence electrons. The summed E-state index contributed by atoms with van der Waals surface area (Å²) in [5.41, 5.74) is 4.04. The topological polar surface area (TPSA) is 81.9 Å². The average Bonchev–Trinajstić information content (AvgIpc) is 3.39. The van der Waals surface area contributed by atoms with Crippen molar-refractivity contribution >= 4 is 35.0 Å². The Balaban J connectivity index is 1.55. The number of thioether (sulfide) groups is 1. The number of aryl methyl sites for hydroxylation is 1. The van der Waals surface area contributed by atoms with Crippen molar-refractivity contribution in [2.75, 3.05) is 11.9 Å². The van der Waals surface area contributed by atoms with Gasteiger partial charge in [-0.3, -0.25) is 14.3 Å². The number of aromatic nitrogens is 4. The molecule has 0 bridgehead atoms. The van der Waals surface area contributed by atoms with Crippen LogP contribution in [0.25, 0.3) is 17.1 Å². The number of ether oxygens (including phenoxy) is 1. The fourth-order valence-electron chi connectivity index (χ4n) is 4.00. The molecular weight excluding hydrogens is 530 g/mol. The minimum Gasteiger partial charge on any atom is -0.494 e. The Bertz CT molecular complexity index is 1560. The minimum absolute atomic E-state index is 0.199. The van der Waals surface area contributed by atoms with Gasteiger partial charge in [0.15, 0.2) is 11.0 Å². The molecule has 0 spiro atoms. The lowest BCUT2D eigenvalue weighted by atomic mass is 10.1. The molecule has 1 amide bonds. The van der Waals surface area contributed by atoms with E-state index in [1.165, 1.54) is 11.8 Å². The second kappa shape index (κ2) is 12.1. The highest BCUT2D eigenvalue weighted by molar-refractivity contribution is 8.00. The third kappa shape index (κ3) is 6.13. The number of rotatable bonds is 9. The first-order valence-electron chi connectivity index (χ1n) is 12.4. The lowest BCUT2D eigenvalue weighted by Gasteiger charge is -2.18. The molecule has 0 aliphatic carbocycles. The van der Waals surface area contributed by atoms with Crippen molar-refractivity contribution in [2.45, 2.75) is 24.3 Å². The lowest BCUT2D eigenvalue weighted by molar-refractivity contribution is -0.115. The van der Waals surface area contributed by atoms with E-state index in [0.717, 1.165) is 28.1 Å². The van der Waals surface area contributed by atoms with E-state index in [4.69, 9.17) is 16.3 Å². The van der Waals surface area contributed by atoms with Crippen LogP contribution in [0.3, 0.4) is 0 Å². The summed E-state index contributed by atoms with van der Waals surface area (Å²) in [7, 11) is 0. The highest BCUT2D eigenvalue weighted by atomic mass is 35.5. The third-order valence-corrected chi connectivity index (χ3v) is 7.57.